The summed E-state index contributed by atoms with van der Waals surface area (Å²) in [6.45, 7) is 3.60. The molecule has 0 aliphatic carbocycles. The second-order valence-electron chi connectivity index (χ2n) is 6.69. The van der Waals surface area contributed by atoms with Gasteiger partial charge >= 0.3 is 5.69 Å². The standard InChI is InChI=1S/C18H20ClN7O2S/c19-14-4-1-2-5-15(14)20-16(27)12-23-7-9-24(10-8-23)13-25-18(28)26(22-21-25)17-6-3-11-29-17/h1-6,11H,7-10,12-13H2,(H,20,27). The minimum absolute atomic E-state index is 0.0957. The molecule has 0 unspecified atom stereocenters. The molecule has 0 bridgehead atoms. The number of nitrogens with zero attached hydrogens (tertiary/aromatic N) is 6. The Morgan fingerprint density at radius 2 is 1.83 bits per heavy atom. The Balaban J connectivity index is 1.27. The van der Waals surface area contributed by atoms with Crippen molar-refractivity contribution in [3.05, 3.63) is 57.3 Å². The number of aromatic nitrogens is 4. The highest BCUT2D eigenvalue weighted by Crippen LogP contribution is 2.20. The molecule has 4 rings (SSSR count). The van der Waals surface area contributed by atoms with Crippen molar-refractivity contribution in [2.75, 3.05) is 38.0 Å². The molecule has 1 aliphatic rings. The van der Waals surface area contributed by atoms with E-state index < -0.39 is 0 Å². The fourth-order valence-electron chi connectivity index (χ4n) is 3.13. The second-order valence-corrected chi connectivity index (χ2v) is 8.02. The van der Waals surface area contributed by atoms with Crippen LogP contribution in [0.15, 0.2) is 46.6 Å². The summed E-state index contributed by atoms with van der Waals surface area (Å²) in [6, 6.07) is 10.9. The smallest absolute Gasteiger partial charge is 0.324 e. The minimum atomic E-state index is -0.256. The predicted molar refractivity (Wildman–Crippen MR) is 112 cm³/mol. The summed E-state index contributed by atoms with van der Waals surface area (Å²) in [7, 11) is 0. The lowest BCUT2D eigenvalue weighted by Gasteiger charge is -2.33. The van der Waals surface area contributed by atoms with E-state index in [1.165, 1.54) is 20.7 Å². The molecule has 1 fully saturated rings. The van der Waals surface area contributed by atoms with Crippen molar-refractivity contribution < 1.29 is 4.79 Å². The monoisotopic (exact) mass is 433 g/mol. The van der Waals surface area contributed by atoms with E-state index in [-0.39, 0.29) is 11.6 Å². The largest absolute Gasteiger partial charge is 0.370 e. The number of hydrogen-bond donors (Lipinski definition) is 1. The maximum atomic E-state index is 12.5. The molecule has 2 aromatic heterocycles. The van der Waals surface area contributed by atoms with Gasteiger partial charge in [0.05, 0.1) is 17.3 Å². The van der Waals surface area contributed by atoms with Crippen LogP contribution in [0.2, 0.25) is 5.02 Å². The maximum absolute atomic E-state index is 12.5. The lowest BCUT2D eigenvalue weighted by Crippen LogP contribution is -2.49. The molecule has 1 N–H and O–H groups in total. The van der Waals surface area contributed by atoms with E-state index in [1.807, 2.05) is 29.6 Å². The Kier molecular flexibility index (Phi) is 6.05. The van der Waals surface area contributed by atoms with Crippen molar-refractivity contribution in [2.24, 2.45) is 0 Å². The number of carbonyl (C=O) groups is 1. The van der Waals surface area contributed by atoms with E-state index in [9.17, 15) is 9.59 Å². The number of rotatable bonds is 6. The number of piperazine rings is 1. The normalized spacial score (nSPS) is 15.5. The van der Waals surface area contributed by atoms with Crippen LogP contribution in [-0.4, -0.2) is 68.2 Å². The molecular formula is C18H20ClN7O2S. The predicted octanol–water partition coefficient (Wildman–Crippen LogP) is 1.36. The molecule has 0 atom stereocenters. The van der Waals surface area contributed by atoms with Crippen molar-refractivity contribution in [2.45, 2.75) is 6.67 Å². The molecule has 0 spiro atoms. The number of carbonyl (C=O) groups excluding carboxylic acids is 1. The van der Waals surface area contributed by atoms with E-state index in [1.54, 1.807) is 12.1 Å². The van der Waals surface area contributed by atoms with Crippen molar-refractivity contribution in [3.8, 4) is 5.00 Å². The molecule has 0 saturated carbocycles. The van der Waals surface area contributed by atoms with Gasteiger partial charge in [0, 0.05) is 26.2 Å². The zero-order valence-corrected chi connectivity index (χ0v) is 17.1. The van der Waals surface area contributed by atoms with Gasteiger partial charge in [-0.2, -0.15) is 9.36 Å². The van der Waals surface area contributed by atoms with Crippen LogP contribution in [0.5, 0.6) is 0 Å². The number of nitrogens with one attached hydrogen (secondary N) is 1. The van der Waals surface area contributed by atoms with E-state index in [0.29, 0.717) is 23.9 Å². The number of halogens is 1. The zero-order chi connectivity index (χ0) is 20.2. The quantitative estimate of drug-likeness (QED) is 0.631. The Morgan fingerprint density at radius 1 is 1.07 bits per heavy atom. The number of anilines is 1. The first kappa shape index (κ1) is 19.8. The number of para-hydroxylation sites is 1. The lowest BCUT2D eigenvalue weighted by molar-refractivity contribution is -0.117. The summed E-state index contributed by atoms with van der Waals surface area (Å²) in [4.78, 5) is 28.9. The van der Waals surface area contributed by atoms with Crippen LogP contribution < -0.4 is 11.0 Å². The van der Waals surface area contributed by atoms with E-state index in [2.05, 4.69) is 25.5 Å². The first-order chi connectivity index (χ1) is 14.1. The van der Waals surface area contributed by atoms with Crippen LogP contribution in [-0.2, 0) is 11.5 Å². The molecule has 9 nitrogen and oxygen atoms in total. The van der Waals surface area contributed by atoms with E-state index >= 15 is 0 Å². The molecule has 0 radical (unpaired) electrons. The third-order valence-corrected chi connectivity index (χ3v) is 5.84. The highest BCUT2D eigenvalue weighted by molar-refractivity contribution is 7.12. The fraction of sp³-hybridized carbons (Fsp3) is 0.333. The van der Waals surface area contributed by atoms with Crippen LogP contribution >= 0.6 is 22.9 Å². The fourth-order valence-corrected chi connectivity index (χ4v) is 3.98. The Hall–Kier alpha value is -2.53. The molecule has 29 heavy (non-hydrogen) atoms. The molecule has 3 aromatic rings. The Bertz CT molecular complexity index is 1030. The molecule has 152 valence electrons. The number of thiophene rings is 1. The summed E-state index contributed by atoms with van der Waals surface area (Å²) < 4.78 is 2.67. The topological polar surface area (TPSA) is 88.3 Å². The van der Waals surface area contributed by atoms with Gasteiger partial charge in [-0.05, 0) is 40.1 Å². The van der Waals surface area contributed by atoms with Gasteiger partial charge in [0.2, 0.25) is 5.91 Å². The average molecular weight is 434 g/mol. The van der Waals surface area contributed by atoms with Crippen LogP contribution in [0.4, 0.5) is 5.69 Å². The SMILES string of the molecule is O=C(CN1CCN(Cn2nnn(-c3cccs3)c2=O)CC1)Nc1ccccc1Cl. The highest BCUT2D eigenvalue weighted by atomic mass is 35.5. The average Bonchev–Trinajstić information content (AvgIpc) is 3.36. The Labute approximate surface area is 176 Å². The molecule has 1 saturated heterocycles. The first-order valence-corrected chi connectivity index (χ1v) is 10.4. The van der Waals surface area contributed by atoms with E-state index in [4.69, 9.17) is 11.6 Å². The van der Waals surface area contributed by atoms with Gasteiger partial charge in [0.15, 0.2) is 0 Å². The Morgan fingerprint density at radius 3 is 2.55 bits per heavy atom. The van der Waals surface area contributed by atoms with Crippen LogP contribution in [0.25, 0.3) is 5.00 Å². The molecule has 1 aliphatic heterocycles. The first-order valence-electron chi connectivity index (χ1n) is 9.16. The van der Waals surface area contributed by atoms with Gasteiger partial charge < -0.3 is 5.32 Å². The maximum Gasteiger partial charge on any atom is 0.370 e. The number of amides is 1. The second kappa shape index (κ2) is 8.87. The molecule has 3 heterocycles. The molecule has 11 heteroatoms. The van der Waals surface area contributed by atoms with Crippen molar-refractivity contribution >= 4 is 34.5 Å². The summed E-state index contributed by atoms with van der Waals surface area (Å²) in [5.74, 6) is -0.0957. The van der Waals surface area contributed by atoms with Crippen LogP contribution in [0.1, 0.15) is 0 Å². The van der Waals surface area contributed by atoms with Gasteiger partial charge in [0.1, 0.15) is 11.7 Å². The number of tetrazole rings is 1. The zero-order valence-electron chi connectivity index (χ0n) is 15.6. The molecule has 1 aromatic carbocycles. The molecular weight excluding hydrogens is 414 g/mol. The number of hydrogen-bond acceptors (Lipinski definition) is 7. The van der Waals surface area contributed by atoms with Gasteiger partial charge in [0.25, 0.3) is 0 Å². The highest BCUT2D eigenvalue weighted by Gasteiger charge is 2.21. The third-order valence-electron chi connectivity index (χ3n) is 4.67. The van der Waals surface area contributed by atoms with Crippen molar-refractivity contribution in [1.82, 2.24) is 29.6 Å². The number of benzene rings is 1. The van der Waals surface area contributed by atoms with Gasteiger partial charge in [-0.3, -0.25) is 14.6 Å². The minimum Gasteiger partial charge on any atom is -0.324 e. The van der Waals surface area contributed by atoms with Gasteiger partial charge in [-0.25, -0.2) is 4.79 Å². The van der Waals surface area contributed by atoms with Gasteiger partial charge in [-0.15, -0.1) is 11.3 Å². The summed E-state index contributed by atoms with van der Waals surface area (Å²) in [5.41, 5.74) is 0.361. The van der Waals surface area contributed by atoms with Crippen LogP contribution in [0, 0.1) is 0 Å². The molecule has 1 amide bonds. The van der Waals surface area contributed by atoms with Crippen molar-refractivity contribution in [1.29, 1.82) is 0 Å². The third kappa shape index (κ3) is 4.73. The van der Waals surface area contributed by atoms with Gasteiger partial charge in [-0.1, -0.05) is 23.7 Å². The van der Waals surface area contributed by atoms with E-state index in [0.717, 1.165) is 31.2 Å². The summed E-state index contributed by atoms with van der Waals surface area (Å²) in [6.07, 6.45) is 0. The van der Waals surface area contributed by atoms with Crippen molar-refractivity contribution in [3.63, 3.8) is 0 Å². The summed E-state index contributed by atoms with van der Waals surface area (Å²) in [5, 5.41) is 13.9. The lowest BCUT2D eigenvalue weighted by atomic mass is 10.3. The van der Waals surface area contributed by atoms with Crippen LogP contribution in [0.3, 0.4) is 0 Å². The summed E-state index contributed by atoms with van der Waals surface area (Å²) >= 11 is 7.52.